The first-order chi connectivity index (χ1) is 17.4. The van der Waals surface area contributed by atoms with Gasteiger partial charge in [-0.2, -0.15) is 14.7 Å². The van der Waals surface area contributed by atoms with Crippen molar-refractivity contribution in [2.45, 2.75) is 18.5 Å². The summed E-state index contributed by atoms with van der Waals surface area (Å²) >= 11 is 0. The van der Waals surface area contributed by atoms with E-state index in [1.807, 2.05) is 66.4 Å². The van der Waals surface area contributed by atoms with Gasteiger partial charge in [-0.3, -0.25) is 9.69 Å². The molecule has 1 fully saturated rings. The minimum atomic E-state index is -3.78. The van der Waals surface area contributed by atoms with Gasteiger partial charge >= 0.3 is 0 Å². The number of aromatic nitrogens is 2. The number of nitrogens with zero attached hydrogens (tertiary/aromatic N) is 5. The Kier molecular flexibility index (Phi) is 6.41. The van der Waals surface area contributed by atoms with Crippen LogP contribution in [0.25, 0.3) is 22.0 Å². The maximum absolute atomic E-state index is 13.3. The van der Waals surface area contributed by atoms with E-state index < -0.39 is 10.0 Å². The second kappa shape index (κ2) is 9.66. The molecular weight excluding hydrogens is 474 g/mol. The van der Waals surface area contributed by atoms with Gasteiger partial charge in [0, 0.05) is 37.1 Å². The summed E-state index contributed by atoms with van der Waals surface area (Å²) < 4.78 is 29.2. The zero-order chi connectivity index (χ0) is 25.3. The first-order valence-corrected chi connectivity index (χ1v) is 13.1. The van der Waals surface area contributed by atoms with Gasteiger partial charge in [0.15, 0.2) is 0 Å². The molecule has 0 atom stereocenters. The molecule has 1 aliphatic rings. The zero-order valence-corrected chi connectivity index (χ0v) is 20.6. The molecule has 0 spiro atoms. The quantitative estimate of drug-likeness (QED) is 0.418. The smallest absolute Gasteiger partial charge is 0.275 e. The first-order valence-electron chi connectivity index (χ1n) is 11.7. The second-order valence-electron chi connectivity index (χ2n) is 8.84. The molecule has 5 rings (SSSR count). The van der Waals surface area contributed by atoms with Crippen LogP contribution in [-0.4, -0.2) is 53.6 Å². The van der Waals surface area contributed by atoms with Gasteiger partial charge in [-0.05, 0) is 25.1 Å². The molecule has 0 N–H and O–H groups in total. The van der Waals surface area contributed by atoms with Crippen LogP contribution in [0.3, 0.4) is 0 Å². The molecule has 182 valence electrons. The standard InChI is InChI=1S/C27H25N5O3S/c1-20-10-12-21(13-11-20)26-23-7-3-4-8-24(23)27(33)32(29-26)19-30-14-16-31(17-15-30)36(34,35)25-9-5-2-6-22(25)18-28/h2-13H,14-17,19H2,1H3. The summed E-state index contributed by atoms with van der Waals surface area (Å²) in [5.41, 5.74) is 2.76. The molecule has 0 bridgehead atoms. The van der Waals surface area contributed by atoms with Crippen LogP contribution in [0.15, 0.2) is 82.5 Å². The van der Waals surface area contributed by atoms with Gasteiger partial charge in [-0.1, -0.05) is 60.2 Å². The fourth-order valence-corrected chi connectivity index (χ4v) is 6.04. The number of hydrogen-bond acceptors (Lipinski definition) is 6. The summed E-state index contributed by atoms with van der Waals surface area (Å²) in [4.78, 5) is 15.3. The predicted molar refractivity (Wildman–Crippen MR) is 138 cm³/mol. The molecule has 0 amide bonds. The molecule has 0 aliphatic carbocycles. The number of nitriles is 1. The van der Waals surface area contributed by atoms with Gasteiger partial charge in [0.25, 0.3) is 5.56 Å². The van der Waals surface area contributed by atoms with E-state index in [0.29, 0.717) is 18.5 Å². The Bertz CT molecular complexity index is 1630. The highest BCUT2D eigenvalue weighted by Gasteiger charge is 2.30. The Hall–Kier alpha value is -3.84. The molecule has 9 heteroatoms. The zero-order valence-electron chi connectivity index (χ0n) is 19.8. The molecule has 0 unspecified atom stereocenters. The van der Waals surface area contributed by atoms with E-state index in [1.54, 1.807) is 12.1 Å². The lowest BCUT2D eigenvalue weighted by Crippen LogP contribution is -2.50. The Morgan fingerprint density at radius 1 is 0.889 bits per heavy atom. The number of piperazine rings is 1. The van der Waals surface area contributed by atoms with E-state index in [0.717, 1.165) is 22.2 Å². The Morgan fingerprint density at radius 2 is 1.53 bits per heavy atom. The van der Waals surface area contributed by atoms with Gasteiger partial charge in [-0.25, -0.2) is 13.1 Å². The third-order valence-electron chi connectivity index (χ3n) is 6.48. The number of benzene rings is 3. The lowest BCUT2D eigenvalue weighted by atomic mass is 10.0. The van der Waals surface area contributed by atoms with Crippen molar-refractivity contribution in [2.75, 3.05) is 26.2 Å². The van der Waals surface area contributed by atoms with Crippen molar-refractivity contribution in [2.24, 2.45) is 0 Å². The van der Waals surface area contributed by atoms with E-state index in [2.05, 4.69) is 0 Å². The van der Waals surface area contributed by atoms with Gasteiger partial charge in [0.05, 0.1) is 28.2 Å². The summed E-state index contributed by atoms with van der Waals surface area (Å²) in [7, 11) is -3.78. The SMILES string of the molecule is Cc1ccc(-c2nn(CN3CCN(S(=O)(=O)c4ccccc4C#N)CC3)c(=O)c3ccccc23)cc1. The summed E-state index contributed by atoms with van der Waals surface area (Å²) in [5.74, 6) is 0. The van der Waals surface area contributed by atoms with Crippen molar-refractivity contribution in [3.05, 3.63) is 94.3 Å². The fourth-order valence-electron chi connectivity index (χ4n) is 4.48. The Morgan fingerprint density at radius 3 is 2.22 bits per heavy atom. The van der Waals surface area contributed by atoms with Crippen molar-refractivity contribution < 1.29 is 8.42 Å². The maximum Gasteiger partial charge on any atom is 0.275 e. The molecule has 0 radical (unpaired) electrons. The van der Waals surface area contributed by atoms with E-state index in [1.165, 1.54) is 21.1 Å². The molecule has 1 saturated heterocycles. The molecule has 1 aliphatic heterocycles. The normalized spacial score (nSPS) is 15.1. The summed E-state index contributed by atoms with van der Waals surface area (Å²) in [6, 6.07) is 23.7. The molecular formula is C27H25N5O3S. The number of hydrogen-bond donors (Lipinski definition) is 0. The highest BCUT2D eigenvalue weighted by Crippen LogP contribution is 2.25. The monoisotopic (exact) mass is 499 g/mol. The van der Waals surface area contributed by atoms with E-state index in [9.17, 15) is 18.5 Å². The third kappa shape index (κ3) is 4.42. The van der Waals surface area contributed by atoms with E-state index in [4.69, 9.17) is 5.10 Å². The molecule has 1 aromatic heterocycles. The third-order valence-corrected chi connectivity index (χ3v) is 8.44. The average molecular weight is 500 g/mol. The molecule has 0 saturated carbocycles. The number of rotatable bonds is 5. The minimum Gasteiger partial charge on any atom is -0.282 e. The lowest BCUT2D eigenvalue weighted by molar-refractivity contribution is 0.143. The van der Waals surface area contributed by atoms with Crippen LogP contribution in [0, 0.1) is 18.3 Å². The van der Waals surface area contributed by atoms with Crippen LogP contribution >= 0.6 is 0 Å². The maximum atomic E-state index is 13.3. The molecule has 4 aromatic rings. The minimum absolute atomic E-state index is 0.0242. The van der Waals surface area contributed by atoms with Crippen molar-refractivity contribution in [3.8, 4) is 17.3 Å². The van der Waals surface area contributed by atoms with Gasteiger partial charge in [-0.15, -0.1) is 0 Å². The van der Waals surface area contributed by atoms with Gasteiger partial charge in [0.1, 0.15) is 6.07 Å². The van der Waals surface area contributed by atoms with Crippen LogP contribution in [0.5, 0.6) is 0 Å². The van der Waals surface area contributed by atoms with E-state index in [-0.39, 0.29) is 35.8 Å². The van der Waals surface area contributed by atoms with Crippen LogP contribution in [0.1, 0.15) is 11.1 Å². The van der Waals surface area contributed by atoms with Crippen LogP contribution in [0.2, 0.25) is 0 Å². The Labute approximate surface area is 209 Å². The average Bonchev–Trinajstić information content (AvgIpc) is 2.91. The van der Waals surface area contributed by atoms with Gasteiger partial charge < -0.3 is 0 Å². The van der Waals surface area contributed by atoms with E-state index >= 15 is 0 Å². The molecule has 8 nitrogen and oxygen atoms in total. The fraction of sp³-hybridized carbons (Fsp3) is 0.222. The molecule has 36 heavy (non-hydrogen) atoms. The number of aryl methyl sites for hydroxylation is 1. The van der Waals surface area contributed by atoms with Crippen molar-refractivity contribution in [1.82, 2.24) is 19.0 Å². The van der Waals surface area contributed by atoms with Gasteiger partial charge in [0.2, 0.25) is 10.0 Å². The molecule has 3 aromatic carbocycles. The summed E-state index contributed by atoms with van der Waals surface area (Å²) in [6.45, 7) is 3.67. The lowest BCUT2D eigenvalue weighted by Gasteiger charge is -2.34. The summed E-state index contributed by atoms with van der Waals surface area (Å²) in [5, 5.41) is 15.4. The predicted octanol–water partition coefficient (Wildman–Crippen LogP) is 3.21. The summed E-state index contributed by atoms with van der Waals surface area (Å²) in [6.07, 6.45) is 0. The topological polar surface area (TPSA) is 99.3 Å². The number of sulfonamides is 1. The van der Waals surface area contributed by atoms with Crippen molar-refractivity contribution in [3.63, 3.8) is 0 Å². The highest BCUT2D eigenvalue weighted by atomic mass is 32.2. The first kappa shape index (κ1) is 23.9. The second-order valence-corrected chi connectivity index (χ2v) is 10.7. The van der Waals surface area contributed by atoms with Crippen LogP contribution in [0.4, 0.5) is 0 Å². The molecule has 2 heterocycles. The number of fused-ring (bicyclic) bond motifs is 1. The Balaban J connectivity index is 1.40. The van der Waals surface area contributed by atoms with Crippen molar-refractivity contribution in [1.29, 1.82) is 5.26 Å². The highest BCUT2D eigenvalue weighted by molar-refractivity contribution is 7.89. The van der Waals surface area contributed by atoms with Crippen LogP contribution < -0.4 is 5.56 Å². The largest absolute Gasteiger partial charge is 0.282 e. The van der Waals surface area contributed by atoms with Crippen molar-refractivity contribution >= 4 is 20.8 Å². The van der Waals surface area contributed by atoms with Crippen LogP contribution in [-0.2, 0) is 16.7 Å².